The van der Waals surface area contributed by atoms with Crippen LogP contribution >= 0.6 is 0 Å². The molecule has 1 saturated carbocycles. The van der Waals surface area contributed by atoms with Gasteiger partial charge in [-0.25, -0.2) is 0 Å². The van der Waals surface area contributed by atoms with E-state index >= 15 is 4.79 Å². The minimum Gasteiger partial charge on any atom is -0.499 e. The second-order valence-corrected chi connectivity index (χ2v) is 19.0. The lowest BCUT2D eigenvalue weighted by Crippen LogP contribution is -2.70. The zero-order chi connectivity index (χ0) is 46.8. The monoisotopic (exact) mass is 906 g/mol. The molecule has 15 heteroatoms. The average molecular weight is 906 g/mol. The number of rotatable bonds is 24. The number of hydrogen-bond acceptors (Lipinski definition) is 13. The van der Waals surface area contributed by atoms with Gasteiger partial charge in [0.2, 0.25) is 11.8 Å². The van der Waals surface area contributed by atoms with Crippen molar-refractivity contribution < 1.29 is 57.9 Å². The molecule has 3 heterocycles. The number of benzene rings is 2. The topological polar surface area (TPSA) is 183 Å². The van der Waals surface area contributed by atoms with Gasteiger partial charge in [-0.1, -0.05) is 94.1 Å². The van der Waals surface area contributed by atoms with Gasteiger partial charge in [0.1, 0.15) is 48.1 Å². The Hall–Kier alpha value is -4.38. The van der Waals surface area contributed by atoms with Crippen LogP contribution in [0.15, 0.2) is 60.9 Å². The Morgan fingerprint density at radius 3 is 2.26 bits per heavy atom. The van der Waals surface area contributed by atoms with E-state index in [1.54, 1.807) is 39.0 Å². The predicted octanol–water partition coefficient (Wildman–Crippen LogP) is 5.78. The Bertz CT molecular complexity index is 1910. The van der Waals surface area contributed by atoms with Crippen LogP contribution in [0.3, 0.4) is 0 Å². The lowest BCUT2D eigenvalue weighted by molar-refractivity contribution is -0.225. The van der Waals surface area contributed by atoms with E-state index in [1.807, 2.05) is 54.6 Å². The van der Waals surface area contributed by atoms with Crippen molar-refractivity contribution in [3.63, 3.8) is 0 Å². The third-order valence-corrected chi connectivity index (χ3v) is 12.9. The van der Waals surface area contributed by atoms with Crippen LogP contribution in [0.1, 0.15) is 122 Å². The third-order valence-electron chi connectivity index (χ3n) is 12.9. The molecule has 358 valence electrons. The first kappa shape index (κ1) is 50.0. The lowest BCUT2D eigenvalue weighted by Gasteiger charge is -2.50. The van der Waals surface area contributed by atoms with Gasteiger partial charge in [0.25, 0.3) is 0 Å². The summed E-state index contributed by atoms with van der Waals surface area (Å²) >= 11 is 0. The summed E-state index contributed by atoms with van der Waals surface area (Å²) < 4.78 is 31.1. The molecule has 8 atom stereocenters. The Morgan fingerprint density at radius 2 is 1.63 bits per heavy atom. The molecule has 3 saturated heterocycles. The molecule has 65 heavy (non-hydrogen) atoms. The fraction of sp³-hybridized carbons (Fsp3) is 0.640. The second-order valence-electron chi connectivity index (χ2n) is 19.0. The van der Waals surface area contributed by atoms with Crippen molar-refractivity contribution in [2.75, 3.05) is 26.9 Å². The van der Waals surface area contributed by atoms with E-state index in [1.165, 1.54) is 11.2 Å². The smallest absolute Gasteiger partial charge is 0.327 e. The fourth-order valence-electron chi connectivity index (χ4n) is 9.74. The summed E-state index contributed by atoms with van der Waals surface area (Å²) in [6.07, 6.45) is 7.40. The highest BCUT2D eigenvalue weighted by atomic mass is 16.8. The number of carbonyl (C=O) groups excluding carboxylic acids is 4. The number of aliphatic hydroxyl groups excluding tert-OH is 2. The van der Waals surface area contributed by atoms with Crippen LogP contribution in [0.4, 0.5) is 0 Å². The Labute approximate surface area is 384 Å². The summed E-state index contributed by atoms with van der Waals surface area (Å²) in [4.78, 5) is 65.9. The SMILES string of the molecule is CCCCCC1(CCCCC)OC2C3CC4(C(=O)N(C)C(Cc5ccccc5)C(=O)NC(CO)CCC(=O)OC(C)(C)C)C(ON(Cc5ccc(C=COCCO)cc5)C4C(=O)O3)C2O1. The number of hydrogen-bond donors (Lipinski definition) is 3. The molecule has 0 radical (unpaired) electrons. The zero-order valence-corrected chi connectivity index (χ0v) is 39.1. The highest BCUT2D eigenvalue weighted by Gasteiger charge is 2.76. The summed E-state index contributed by atoms with van der Waals surface area (Å²) in [6, 6.07) is 13.8. The normalized spacial score (nSPS) is 25.4. The molecule has 0 aromatic heterocycles. The summed E-state index contributed by atoms with van der Waals surface area (Å²) in [7, 11) is 1.58. The molecule has 4 aliphatic rings. The summed E-state index contributed by atoms with van der Waals surface area (Å²) in [6.45, 7) is 9.38. The number of hydroxylamine groups is 2. The van der Waals surface area contributed by atoms with Gasteiger partial charge in [-0.15, -0.1) is 0 Å². The van der Waals surface area contributed by atoms with Gasteiger partial charge >= 0.3 is 11.9 Å². The number of esters is 2. The van der Waals surface area contributed by atoms with E-state index in [9.17, 15) is 19.5 Å². The maximum Gasteiger partial charge on any atom is 0.327 e. The van der Waals surface area contributed by atoms with Crippen molar-refractivity contribution in [2.24, 2.45) is 5.41 Å². The predicted molar refractivity (Wildman–Crippen MR) is 241 cm³/mol. The van der Waals surface area contributed by atoms with Crippen molar-refractivity contribution in [1.82, 2.24) is 15.3 Å². The first-order valence-corrected chi connectivity index (χ1v) is 23.6. The van der Waals surface area contributed by atoms with Crippen molar-refractivity contribution >= 4 is 29.8 Å². The van der Waals surface area contributed by atoms with E-state index in [2.05, 4.69) is 19.2 Å². The van der Waals surface area contributed by atoms with Gasteiger partial charge in [-0.3, -0.25) is 24.0 Å². The standard InChI is InChI=1S/C50H71N3O12/c1-7-9-14-25-49(26-15-10-8-2)63-41-39-31-50(43(46(58)61-39)53(65-44(50)42(41)64-49)32-36-20-18-34(19-21-36)24-28-60-29-27-54)47(59)52(6)38(30-35-16-12-11-13-17-35)45(57)51-37(33-55)22-23-40(56)62-48(3,4)5/h11-13,16-21,24,28,37-39,41-44,54-55H,7-10,14-15,22-23,25-27,29-33H2,1-6H3,(H,51,57). The molecule has 3 N–H and O–H groups in total. The van der Waals surface area contributed by atoms with Gasteiger partial charge in [0.15, 0.2) is 11.8 Å². The van der Waals surface area contributed by atoms with Gasteiger partial charge in [0, 0.05) is 39.2 Å². The molecule has 2 aromatic carbocycles. The van der Waals surface area contributed by atoms with E-state index < -0.39 is 89.7 Å². The maximum atomic E-state index is 15.8. The van der Waals surface area contributed by atoms with E-state index in [-0.39, 0.29) is 45.4 Å². The number of ether oxygens (including phenoxy) is 5. The van der Waals surface area contributed by atoms with Crippen LogP contribution in [0.2, 0.25) is 0 Å². The van der Waals surface area contributed by atoms with Crippen LogP contribution in [0, 0.1) is 5.41 Å². The number of fused-ring (bicyclic) bond motifs is 4. The molecule has 6 rings (SSSR count). The maximum absolute atomic E-state index is 15.8. The van der Waals surface area contributed by atoms with Crippen LogP contribution < -0.4 is 5.32 Å². The second kappa shape index (κ2) is 22.4. The van der Waals surface area contributed by atoms with Crippen molar-refractivity contribution in [1.29, 1.82) is 0 Å². The summed E-state index contributed by atoms with van der Waals surface area (Å²) in [5.74, 6) is -3.03. The highest BCUT2D eigenvalue weighted by Crippen LogP contribution is 2.58. The van der Waals surface area contributed by atoms with Crippen molar-refractivity contribution in [3.05, 3.63) is 77.5 Å². The number of carbonyl (C=O) groups is 4. The molecule has 8 unspecified atom stereocenters. The van der Waals surface area contributed by atoms with Gasteiger partial charge < -0.3 is 44.1 Å². The van der Waals surface area contributed by atoms with Crippen LogP contribution in [0.5, 0.6) is 0 Å². The molecular weight excluding hydrogens is 835 g/mol. The summed E-state index contributed by atoms with van der Waals surface area (Å²) in [5.41, 5.74) is 0.214. The Balaban J connectivity index is 1.35. The number of nitrogens with zero attached hydrogens (tertiary/aromatic N) is 2. The average Bonchev–Trinajstić information content (AvgIpc) is 3.84. The molecule has 0 spiro atoms. The molecule has 2 bridgehead atoms. The molecule has 2 amide bonds. The van der Waals surface area contributed by atoms with Crippen LogP contribution in [-0.2, 0) is 60.7 Å². The van der Waals surface area contributed by atoms with E-state index in [0.717, 1.165) is 55.2 Å². The molecule has 1 aliphatic carbocycles. The first-order chi connectivity index (χ1) is 31.2. The Kier molecular flexibility index (Phi) is 17.3. The van der Waals surface area contributed by atoms with Crippen molar-refractivity contribution in [3.8, 4) is 0 Å². The zero-order valence-electron chi connectivity index (χ0n) is 39.1. The van der Waals surface area contributed by atoms with E-state index in [0.29, 0.717) is 12.8 Å². The van der Waals surface area contributed by atoms with Crippen molar-refractivity contribution in [2.45, 2.75) is 172 Å². The fourth-order valence-corrected chi connectivity index (χ4v) is 9.74. The van der Waals surface area contributed by atoms with Crippen LogP contribution in [0.25, 0.3) is 6.08 Å². The molecular formula is C50H71N3O12. The van der Waals surface area contributed by atoms with Gasteiger partial charge in [0.05, 0.1) is 32.1 Å². The minimum atomic E-state index is -1.54. The van der Waals surface area contributed by atoms with E-state index in [4.69, 9.17) is 33.6 Å². The quantitative estimate of drug-likeness (QED) is 0.0656. The lowest BCUT2D eigenvalue weighted by atomic mass is 9.62. The minimum absolute atomic E-state index is 0.0362. The number of amides is 2. The first-order valence-electron chi connectivity index (χ1n) is 23.6. The Morgan fingerprint density at radius 1 is 0.954 bits per heavy atom. The van der Waals surface area contributed by atoms with Gasteiger partial charge in [-0.2, -0.15) is 5.06 Å². The van der Waals surface area contributed by atoms with Gasteiger partial charge in [-0.05, 0) is 62.8 Å². The number of unbranched alkanes of at least 4 members (excludes halogenated alkanes) is 4. The number of nitrogens with one attached hydrogen (secondary N) is 1. The molecule has 4 fully saturated rings. The highest BCUT2D eigenvalue weighted by molar-refractivity contribution is 5.96. The molecule has 3 aliphatic heterocycles. The number of aliphatic hydroxyl groups is 2. The third kappa shape index (κ3) is 12.0. The largest absolute Gasteiger partial charge is 0.499 e. The summed E-state index contributed by atoms with van der Waals surface area (Å²) in [5, 5.41) is 23.9. The van der Waals surface area contributed by atoms with Crippen LogP contribution in [-0.4, -0.2) is 125 Å². The number of likely N-dealkylation sites (N-methyl/N-ethyl adjacent to an activating group) is 1. The molecule has 2 aromatic rings. The molecule has 15 nitrogen and oxygen atoms in total.